The fourth-order valence-electron chi connectivity index (χ4n) is 4.17. The molecule has 0 radical (unpaired) electrons. The first-order valence-corrected chi connectivity index (χ1v) is 10.9. The molecule has 6 nitrogen and oxygen atoms in total. The number of amides is 1. The lowest BCUT2D eigenvalue weighted by Crippen LogP contribution is -2.38. The van der Waals surface area contributed by atoms with E-state index in [-0.39, 0.29) is 18.0 Å². The average Bonchev–Trinajstić information content (AvgIpc) is 3.10. The van der Waals surface area contributed by atoms with E-state index >= 15 is 0 Å². The monoisotopic (exact) mass is 416 g/mol. The highest BCUT2D eigenvalue weighted by Crippen LogP contribution is 2.27. The standard InChI is InChI=1S/C25H28N4O2/c1-3-14-27(15-4-2)23(30)18-29-25(31)24-21(16-26-29)20-12-8-9-13-22(20)28(24)17-19-10-6-5-7-11-19/h5-13,16H,3-4,14-15,17-18H2,1-2H3. The second-order valence-corrected chi connectivity index (χ2v) is 7.84. The van der Waals surface area contributed by atoms with Crippen molar-refractivity contribution >= 4 is 27.7 Å². The van der Waals surface area contributed by atoms with E-state index in [0.717, 1.165) is 34.7 Å². The largest absolute Gasteiger partial charge is 0.341 e. The zero-order valence-electron chi connectivity index (χ0n) is 18.1. The molecule has 0 saturated carbocycles. The van der Waals surface area contributed by atoms with Gasteiger partial charge in [0.05, 0.1) is 6.20 Å². The molecule has 1 amide bonds. The van der Waals surface area contributed by atoms with Crippen LogP contribution in [0.1, 0.15) is 32.3 Å². The minimum absolute atomic E-state index is 0.0400. The van der Waals surface area contributed by atoms with Crippen molar-refractivity contribution in [2.75, 3.05) is 13.1 Å². The van der Waals surface area contributed by atoms with E-state index < -0.39 is 0 Å². The van der Waals surface area contributed by atoms with Gasteiger partial charge in [0.25, 0.3) is 5.56 Å². The van der Waals surface area contributed by atoms with Gasteiger partial charge in [-0.05, 0) is 24.5 Å². The third kappa shape index (κ3) is 4.10. The minimum Gasteiger partial charge on any atom is -0.341 e. The van der Waals surface area contributed by atoms with E-state index in [9.17, 15) is 9.59 Å². The maximum atomic E-state index is 13.5. The Hall–Kier alpha value is -3.41. The van der Waals surface area contributed by atoms with Crippen molar-refractivity contribution in [3.8, 4) is 0 Å². The number of benzene rings is 2. The van der Waals surface area contributed by atoms with Crippen molar-refractivity contribution in [3.05, 3.63) is 76.7 Å². The lowest BCUT2D eigenvalue weighted by molar-refractivity contribution is -0.132. The van der Waals surface area contributed by atoms with E-state index in [1.54, 1.807) is 6.20 Å². The molecule has 6 heteroatoms. The molecule has 0 aliphatic carbocycles. The van der Waals surface area contributed by atoms with E-state index in [1.807, 2.05) is 51.9 Å². The first-order chi connectivity index (χ1) is 15.1. The number of hydrogen-bond donors (Lipinski definition) is 0. The van der Waals surface area contributed by atoms with E-state index in [4.69, 9.17) is 0 Å². The molecule has 0 spiro atoms. The van der Waals surface area contributed by atoms with Crippen LogP contribution in [-0.4, -0.2) is 38.2 Å². The van der Waals surface area contributed by atoms with Gasteiger partial charge in [-0.15, -0.1) is 0 Å². The molecule has 4 rings (SSSR count). The van der Waals surface area contributed by atoms with Crippen LogP contribution in [-0.2, 0) is 17.9 Å². The third-order valence-corrected chi connectivity index (χ3v) is 5.58. The molecular formula is C25H28N4O2. The van der Waals surface area contributed by atoms with Crippen LogP contribution in [0.4, 0.5) is 0 Å². The van der Waals surface area contributed by atoms with Crippen molar-refractivity contribution in [2.24, 2.45) is 0 Å². The summed E-state index contributed by atoms with van der Waals surface area (Å²) in [7, 11) is 0. The van der Waals surface area contributed by atoms with Crippen LogP contribution in [0.5, 0.6) is 0 Å². The highest BCUT2D eigenvalue weighted by molar-refractivity contribution is 6.07. The maximum absolute atomic E-state index is 13.5. The smallest absolute Gasteiger partial charge is 0.291 e. The highest BCUT2D eigenvalue weighted by Gasteiger charge is 2.19. The summed E-state index contributed by atoms with van der Waals surface area (Å²) in [5.41, 5.74) is 2.46. The summed E-state index contributed by atoms with van der Waals surface area (Å²) >= 11 is 0. The fraction of sp³-hybridized carbons (Fsp3) is 0.320. The lowest BCUT2D eigenvalue weighted by atomic mass is 10.2. The summed E-state index contributed by atoms with van der Waals surface area (Å²) in [5.74, 6) is -0.0663. The maximum Gasteiger partial charge on any atom is 0.291 e. The predicted octanol–water partition coefficient (Wildman–Crippen LogP) is 4.05. The molecule has 0 bridgehead atoms. The SMILES string of the molecule is CCCN(CCC)C(=O)Cn1ncc2c3ccccc3n(Cc3ccccc3)c2c1=O. The summed E-state index contributed by atoms with van der Waals surface area (Å²) in [6, 6.07) is 18.1. The molecule has 0 aliphatic heterocycles. The number of carbonyl (C=O) groups excluding carboxylic acids is 1. The van der Waals surface area contributed by atoms with E-state index in [1.165, 1.54) is 4.68 Å². The van der Waals surface area contributed by atoms with Gasteiger partial charge in [-0.25, -0.2) is 4.68 Å². The van der Waals surface area contributed by atoms with Gasteiger partial charge in [0, 0.05) is 35.9 Å². The number of fused-ring (bicyclic) bond motifs is 3. The zero-order valence-corrected chi connectivity index (χ0v) is 18.1. The number of para-hydroxylation sites is 1. The Bertz CT molecular complexity index is 1250. The van der Waals surface area contributed by atoms with E-state index in [2.05, 4.69) is 31.1 Å². The van der Waals surface area contributed by atoms with Crippen LogP contribution in [0, 0.1) is 0 Å². The topological polar surface area (TPSA) is 60.1 Å². The Morgan fingerprint density at radius 2 is 1.61 bits per heavy atom. The van der Waals surface area contributed by atoms with Crippen molar-refractivity contribution < 1.29 is 4.79 Å². The van der Waals surface area contributed by atoms with Crippen LogP contribution in [0.3, 0.4) is 0 Å². The average molecular weight is 417 g/mol. The molecule has 0 fully saturated rings. The number of carbonyl (C=O) groups is 1. The molecule has 2 aromatic heterocycles. The van der Waals surface area contributed by atoms with Crippen molar-refractivity contribution in [2.45, 2.75) is 39.8 Å². The van der Waals surface area contributed by atoms with Crippen LogP contribution < -0.4 is 5.56 Å². The van der Waals surface area contributed by atoms with Crippen molar-refractivity contribution in [1.29, 1.82) is 0 Å². The second-order valence-electron chi connectivity index (χ2n) is 7.84. The molecule has 0 aliphatic rings. The van der Waals surface area contributed by atoms with Crippen LogP contribution >= 0.6 is 0 Å². The second kappa shape index (κ2) is 9.16. The molecule has 0 N–H and O–H groups in total. The molecule has 4 aromatic rings. The zero-order chi connectivity index (χ0) is 21.8. The first kappa shape index (κ1) is 20.8. The molecule has 2 heterocycles. The normalized spacial score (nSPS) is 11.3. The Morgan fingerprint density at radius 1 is 0.935 bits per heavy atom. The van der Waals surface area contributed by atoms with Crippen LogP contribution in [0.25, 0.3) is 21.8 Å². The Morgan fingerprint density at radius 3 is 2.32 bits per heavy atom. The van der Waals surface area contributed by atoms with Gasteiger partial charge in [0.1, 0.15) is 12.1 Å². The van der Waals surface area contributed by atoms with Gasteiger partial charge < -0.3 is 9.47 Å². The molecular weight excluding hydrogens is 388 g/mol. The lowest BCUT2D eigenvalue weighted by Gasteiger charge is -2.21. The van der Waals surface area contributed by atoms with Crippen molar-refractivity contribution in [3.63, 3.8) is 0 Å². The van der Waals surface area contributed by atoms with Gasteiger partial charge in [-0.3, -0.25) is 9.59 Å². The van der Waals surface area contributed by atoms with E-state index in [0.29, 0.717) is 25.2 Å². The van der Waals surface area contributed by atoms with Crippen LogP contribution in [0.2, 0.25) is 0 Å². The summed E-state index contributed by atoms with van der Waals surface area (Å²) in [6.45, 7) is 6.02. The Labute approximate surface area is 181 Å². The third-order valence-electron chi connectivity index (χ3n) is 5.58. The summed E-state index contributed by atoms with van der Waals surface area (Å²) < 4.78 is 3.35. The fourth-order valence-corrected chi connectivity index (χ4v) is 4.17. The van der Waals surface area contributed by atoms with Gasteiger partial charge >= 0.3 is 0 Å². The number of aromatic nitrogens is 3. The molecule has 0 saturated heterocycles. The number of nitrogens with zero attached hydrogens (tertiary/aromatic N) is 4. The van der Waals surface area contributed by atoms with Crippen molar-refractivity contribution in [1.82, 2.24) is 19.2 Å². The first-order valence-electron chi connectivity index (χ1n) is 10.9. The number of rotatable bonds is 8. The Kier molecular flexibility index (Phi) is 6.16. The predicted molar refractivity (Wildman–Crippen MR) is 124 cm³/mol. The summed E-state index contributed by atoms with van der Waals surface area (Å²) in [6.07, 6.45) is 3.49. The molecule has 2 aromatic carbocycles. The number of hydrogen-bond acceptors (Lipinski definition) is 3. The molecule has 31 heavy (non-hydrogen) atoms. The van der Waals surface area contributed by atoms with Gasteiger partial charge in [-0.2, -0.15) is 5.10 Å². The molecule has 0 unspecified atom stereocenters. The highest BCUT2D eigenvalue weighted by atomic mass is 16.2. The summed E-state index contributed by atoms with van der Waals surface area (Å²) in [5, 5.41) is 6.18. The quantitative estimate of drug-likeness (QED) is 0.435. The summed E-state index contributed by atoms with van der Waals surface area (Å²) in [4.78, 5) is 28.2. The molecule has 0 atom stereocenters. The van der Waals surface area contributed by atoms with Gasteiger partial charge in [0.15, 0.2) is 0 Å². The Balaban J connectivity index is 1.81. The van der Waals surface area contributed by atoms with Gasteiger partial charge in [-0.1, -0.05) is 62.4 Å². The van der Waals surface area contributed by atoms with Crippen LogP contribution in [0.15, 0.2) is 65.6 Å². The molecule has 160 valence electrons. The minimum atomic E-state index is -0.231. The van der Waals surface area contributed by atoms with Gasteiger partial charge in [0.2, 0.25) is 5.91 Å².